The predicted molar refractivity (Wildman–Crippen MR) is 113 cm³/mol. The first-order chi connectivity index (χ1) is 15.4. The van der Waals surface area contributed by atoms with E-state index in [-0.39, 0.29) is 30.0 Å². The number of aliphatic hydroxyl groups is 1. The van der Waals surface area contributed by atoms with Gasteiger partial charge in [-0.1, -0.05) is 6.07 Å². The Labute approximate surface area is 184 Å². The normalized spacial score (nSPS) is 17.5. The van der Waals surface area contributed by atoms with Crippen molar-refractivity contribution in [2.75, 3.05) is 41.6 Å². The molecule has 1 saturated heterocycles. The third-order valence-electron chi connectivity index (χ3n) is 5.22. The second kappa shape index (κ2) is 9.69. The summed E-state index contributed by atoms with van der Waals surface area (Å²) < 4.78 is 34.9. The lowest BCUT2D eigenvalue weighted by atomic mass is 9.94. The molecule has 0 radical (unpaired) electrons. The summed E-state index contributed by atoms with van der Waals surface area (Å²) in [7, 11) is 5.77. The number of likely N-dealkylation sites (tertiary alicyclic amines) is 1. The fraction of sp³-hybridized carbons (Fsp3) is 0.304. The topological polar surface area (TPSA) is 94.5 Å². The standard InChI is InChI=1S/C23H24FNO7/c1-29-10-9-25-20(13-5-7-17(31-3)18(11-13)32-4)19(22(27)23(25)28)21(26)15-12-14(24)6-8-16(15)30-2/h5-8,11-12,20,26H,9-10H2,1-4H3/b21-19+. The van der Waals surface area contributed by atoms with Gasteiger partial charge in [-0.15, -0.1) is 0 Å². The molecule has 2 aromatic carbocycles. The van der Waals surface area contributed by atoms with Gasteiger partial charge in [0.05, 0.1) is 45.1 Å². The van der Waals surface area contributed by atoms with Gasteiger partial charge < -0.3 is 29.0 Å². The third kappa shape index (κ3) is 4.11. The number of nitrogens with zero attached hydrogens (tertiary/aromatic N) is 1. The van der Waals surface area contributed by atoms with Gasteiger partial charge in [0.25, 0.3) is 11.7 Å². The molecule has 9 heteroatoms. The van der Waals surface area contributed by atoms with Crippen molar-refractivity contribution in [1.82, 2.24) is 4.90 Å². The molecule has 1 aliphatic heterocycles. The first-order valence-electron chi connectivity index (χ1n) is 9.71. The highest BCUT2D eigenvalue weighted by molar-refractivity contribution is 6.46. The Balaban J connectivity index is 2.25. The van der Waals surface area contributed by atoms with Crippen LogP contribution in [-0.4, -0.2) is 63.3 Å². The first kappa shape index (κ1) is 23.1. The van der Waals surface area contributed by atoms with Crippen molar-refractivity contribution in [3.8, 4) is 17.2 Å². The first-order valence-corrected chi connectivity index (χ1v) is 9.71. The summed E-state index contributed by atoms with van der Waals surface area (Å²) in [6.45, 7) is 0.261. The van der Waals surface area contributed by atoms with Gasteiger partial charge >= 0.3 is 0 Å². The zero-order valence-electron chi connectivity index (χ0n) is 18.2. The average Bonchev–Trinajstić information content (AvgIpc) is 3.06. The molecule has 0 spiro atoms. The Bertz CT molecular complexity index is 1070. The SMILES string of the molecule is COCCN1C(=O)C(=O)/C(=C(/O)c2cc(F)ccc2OC)C1c1ccc(OC)c(OC)c1. The number of rotatable bonds is 8. The average molecular weight is 445 g/mol. The molecule has 3 rings (SSSR count). The van der Waals surface area contributed by atoms with Gasteiger partial charge in [-0.2, -0.15) is 0 Å². The molecule has 0 bridgehead atoms. The van der Waals surface area contributed by atoms with E-state index in [9.17, 15) is 19.1 Å². The number of carbonyl (C=O) groups is 2. The molecule has 1 heterocycles. The number of methoxy groups -OCH3 is 4. The zero-order valence-corrected chi connectivity index (χ0v) is 18.2. The molecule has 1 N–H and O–H groups in total. The van der Waals surface area contributed by atoms with E-state index in [4.69, 9.17) is 18.9 Å². The number of hydrogen-bond acceptors (Lipinski definition) is 7. The van der Waals surface area contributed by atoms with Gasteiger partial charge in [-0.3, -0.25) is 9.59 Å². The molecule has 1 aliphatic rings. The van der Waals surface area contributed by atoms with E-state index in [1.54, 1.807) is 18.2 Å². The van der Waals surface area contributed by atoms with Crippen LogP contribution < -0.4 is 14.2 Å². The summed E-state index contributed by atoms with van der Waals surface area (Å²) in [6.07, 6.45) is 0. The number of ketones is 1. The van der Waals surface area contributed by atoms with Crippen LogP contribution in [0, 0.1) is 5.82 Å². The fourth-order valence-corrected chi connectivity index (χ4v) is 3.68. The second-order valence-electron chi connectivity index (χ2n) is 6.94. The predicted octanol–water partition coefficient (Wildman–Crippen LogP) is 2.92. The minimum Gasteiger partial charge on any atom is -0.507 e. The number of hydrogen-bond donors (Lipinski definition) is 1. The summed E-state index contributed by atoms with van der Waals surface area (Å²) >= 11 is 0. The van der Waals surface area contributed by atoms with Crippen LogP contribution in [0.5, 0.6) is 17.2 Å². The quantitative estimate of drug-likeness (QED) is 0.379. The molecule has 1 fully saturated rings. The Kier molecular flexibility index (Phi) is 6.99. The van der Waals surface area contributed by atoms with Crippen molar-refractivity contribution < 1.29 is 38.0 Å². The number of benzene rings is 2. The summed E-state index contributed by atoms with van der Waals surface area (Å²) in [4.78, 5) is 27.1. The highest BCUT2D eigenvalue weighted by Crippen LogP contribution is 2.43. The summed E-state index contributed by atoms with van der Waals surface area (Å²) in [5, 5.41) is 11.1. The number of Topliss-reactive ketones (excluding diaryl/α,β-unsaturated/α-hetero) is 1. The van der Waals surface area contributed by atoms with Crippen molar-refractivity contribution in [1.29, 1.82) is 0 Å². The van der Waals surface area contributed by atoms with E-state index >= 15 is 0 Å². The van der Waals surface area contributed by atoms with Crippen molar-refractivity contribution in [2.24, 2.45) is 0 Å². The lowest BCUT2D eigenvalue weighted by Crippen LogP contribution is -2.32. The van der Waals surface area contributed by atoms with Gasteiger partial charge in [-0.25, -0.2) is 4.39 Å². The van der Waals surface area contributed by atoms with Crippen molar-refractivity contribution >= 4 is 17.4 Å². The molecule has 1 unspecified atom stereocenters. The zero-order chi connectivity index (χ0) is 23.4. The van der Waals surface area contributed by atoms with Crippen molar-refractivity contribution in [3.63, 3.8) is 0 Å². The van der Waals surface area contributed by atoms with E-state index in [2.05, 4.69) is 0 Å². The largest absolute Gasteiger partial charge is 0.507 e. The molecule has 0 aliphatic carbocycles. The van der Waals surface area contributed by atoms with Crippen LogP contribution in [0.1, 0.15) is 17.2 Å². The molecule has 8 nitrogen and oxygen atoms in total. The van der Waals surface area contributed by atoms with Gasteiger partial charge in [0, 0.05) is 13.7 Å². The van der Waals surface area contributed by atoms with E-state index < -0.39 is 29.3 Å². The minimum atomic E-state index is -0.960. The Hall–Kier alpha value is -3.59. The lowest BCUT2D eigenvalue weighted by Gasteiger charge is -2.25. The third-order valence-corrected chi connectivity index (χ3v) is 5.22. The van der Waals surface area contributed by atoms with Crippen LogP contribution in [0.3, 0.4) is 0 Å². The fourth-order valence-electron chi connectivity index (χ4n) is 3.68. The highest BCUT2D eigenvalue weighted by atomic mass is 19.1. The molecule has 0 saturated carbocycles. The van der Waals surface area contributed by atoms with Crippen LogP contribution in [-0.2, 0) is 14.3 Å². The molecule has 32 heavy (non-hydrogen) atoms. The maximum Gasteiger partial charge on any atom is 0.295 e. The Morgan fingerprint density at radius 1 is 0.969 bits per heavy atom. The van der Waals surface area contributed by atoms with Crippen LogP contribution in [0.25, 0.3) is 5.76 Å². The molecule has 2 aromatic rings. The molecule has 1 atom stereocenters. The number of halogens is 1. The van der Waals surface area contributed by atoms with Gasteiger partial charge in [0.2, 0.25) is 0 Å². The van der Waals surface area contributed by atoms with E-state index in [0.717, 1.165) is 6.07 Å². The molecular weight excluding hydrogens is 421 g/mol. The molecule has 170 valence electrons. The monoisotopic (exact) mass is 445 g/mol. The minimum absolute atomic E-state index is 0.0391. The van der Waals surface area contributed by atoms with E-state index in [1.165, 1.54) is 45.5 Å². The van der Waals surface area contributed by atoms with Crippen LogP contribution >= 0.6 is 0 Å². The van der Waals surface area contributed by atoms with Crippen LogP contribution in [0.15, 0.2) is 42.0 Å². The van der Waals surface area contributed by atoms with Gasteiger partial charge in [-0.05, 0) is 35.9 Å². The molecule has 0 aromatic heterocycles. The van der Waals surface area contributed by atoms with Crippen molar-refractivity contribution in [3.05, 3.63) is 58.9 Å². The van der Waals surface area contributed by atoms with Gasteiger partial charge in [0.15, 0.2) is 11.5 Å². The maximum atomic E-state index is 14.0. The second-order valence-corrected chi connectivity index (χ2v) is 6.94. The van der Waals surface area contributed by atoms with Crippen LogP contribution in [0.2, 0.25) is 0 Å². The summed E-state index contributed by atoms with van der Waals surface area (Å²) in [5.41, 5.74) is 0.264. The van der Waals surface area contributed by atoms with Crippen LogP contribution in [0.4, 0.5) is 4.39 Å². The number of carbonyl (C=O) groups excluding carboxylic acids is 2. The number of ether oxygens (including phenoxy) is 4. The Morgan fingerprint density at radius 2 is 1.62 bits per heavy atom. The highest BCUT2D eigenvalue weighted by Gasteiger charge is 2.46. The molecular formula is C23H24FNO7. The van der Waals surface area contributed by atoms with E-state index in [0.29, 0.717) is 17.1 Å². The van der Waals surface area contributed by atoms with Gasteiger partial charge in [0.1, 0.15) is 17.3 Å². The van der Waals surface area contributed by atoms with E-state index in [1.807, 2.05) is 0 Å². The van der Waals surface area contributed by atoms with Crippen molar-refractivity contribution in [2.45, 2.75) is 6.04 Å². The maximum absolute atomic E-state index is 14.0. The number of amides is 1. The lowest BCUT2D eigenvalue weighted by molar-refractivity contribution is -0.140. The Morgan fingerprint density at radius 3 is 2.25 bits per heavy atom. The molecule has 1 amide bonds. The smallest absolute Gasteiger partial charge is 0.295 e. The number of aliphatic hydroxyl groups excluding tert-OH is 1. The summed E-state index contributed by atoms with van der Waals surface area (Å²) in [5.74, 6) is -1.90. The summed E-state index contributed by atoms with van der Waals surface area (Å²) in [6, 6.07) is 7.49.